The third kappa shape index (κ3) is 5.30. The summed E-state index contributed by atoms with van der Waals surface area (Å²) in [6, 6.07) is 18.1. The first kappa shape index (κ1) is 22.1. The van der Waals surface area contributed by atoms with E-state index in [1.165, 1.54) is 11.8 Å². The molecule has 2 aromatic carbocycles. The molecule has 6 nitrogen and oxygen atoms in total. The van der Waals surface area contributed by atoms with Crippen LogP contribution in [0.4, 0.5) is 11.4 Å². The molecule has 0 saturated heterocycles. The van der Waals surface area contributed by atoms with Crippen molar-refractivity contribution in [2.75, 3.05) is 16.4 Å². The van der Waals surface area contributed by atoms with E-state index < -0.39 is 0 Å². The molecule has 156 valence electrons. The van der Waals surface area contributed by atoms with Gasteiger partial charge in [-0.15, -0.1) is 0 Å². The van der Waals surface area contributed by atoms with Crippen molar-refractivity contribution in [3.63, 3.8) is 0 Å². The second-order valence-corrected chi connectivity index (χ2v) is 7.91. The molecule has 0 atom stereocenters. The van der Waals surface area contributed by atoms with Crippen molar-refractivity contribution in [3.05, 3.63) is 82.5 Å². The van der Waals surface area contributed by atoms with E-state index in [4.69, 9.17) is 0 Å². The number of hydrogen-bond acceptors (Lipinski definition) is 5. The summed E-state index contributed by atoms with van der Waals surface area (Å²) in [6.45, 7) is 5.70. The summed E-state index contributed by atoms with van der Waals surface area (Å²) in [6.07, 6.45) is 0. The number of anilines is 2. The Balaban J connectivity index is 1.71. The summed E-state index contributed by atoms with van der Waals surface area (Å²) in [5, 5.41) is 15.6. The fraction of sp³-hybridized carbons (Fsp3) is 0.167. The Hall–Kier alpha value is -3.63. The molecule has 0 bridgehead atoms. The normalized spacial score (nSPS) is 10.3. The number of nitrogens with zero attached hydrogens (tertiary/aromatic N) is 2. The van der Waals surface area contributed by atoms with Gasteiger partial charge in [-0.25, -0.2) is 4.98 Å². The summed E-state index contributed by atoms with van der Waals surface area (Å²) in [5.41, 5.74) is 4.63. The number of thioether (sulfide) groups is 1. The molecule has 3 rings (SSSR count). The van der Waals surface area contributed by atoms with E-state index in [0.717, 1.165) is 16.8 Å². The van der Waals surface area contributed by atoms with Crippen LogP contribution in [0.2, 0.25) is 0 Å². The van der Waals surface area contributed by atoms with Gasteiger partial charge in [0.05, 0.1) is 22.6 Å². The SMILES string of the molecule is Cc1nc(SCC(=O)Nc2ccccc2C(=O)Nc2ccccc2)c(C#N)c(C)c1C. The van der Waals surface area contributed by atoms with Crippen LogP contribution < -0.4 is 10.6 Å². The Morgan fingerprint density at radius 2 is 1.65 bits per heavy atom. The van der Waals surface area contributed by atoms with Gasteiger partial charge in [0, 0.05) is 11.4 Å². The lowest BCUT2D eigenvalue weighted by Crippen LogP contribution is -2.19. The highest BCUT2D eigenvalue weighted by Gasteiger charge is 2.16. The van der Waals surface area contributed by atoms with E-state index in [1.54, 1.807) is 36.4 Å². The van der Waals surface area contributed by atoms with Crippen molar-refractivity contribution in [1.29, 1.82) is 5.26 Å². The number of hydrogen-bond donors (Lipinski definition) is 2. The number of carbonyl (C=O) groups is 2. The van der Waals surface area contributed by atoms with Crippen LogP contribution in [0.5, 0.6) is 0 Å². The number of carbonyl (C=O) groups excluding carboxylic acids is 2. The average Bonchev–Trinajstić information content (AvgIpc) is 2.77. The molecule has 0 radical (unpaired) electrons. The second kappa shape index (κ2) is 9.92. The highest BCUT2D eigenvalue weighted by Crippen LogP contribution is 2.27. The van der Waals surface area contributed by atoms with Gasteiger partial charge < -0.3 is 10.6 Å². The zero-order valence-electron chi connectivity index (χ0n) is 17.5. The monoisotopic (exact) mass is 430 g/mol. The van der Waals surface area contributed by atoms with Crippen LogP contribution in [0.25, 0.3) is 0 Å². The number of nitriles is 1. The van der Waals surface area contributed by atoms with Gasteiger partial charge in [0.1, 0.15) is 11.1 Å². The topological polar surface area (TPSA) is 94.9 Å². The summed E-state index contributed by atoms with van der Waals surface area (Å²) in [5.74, 6) is -0.530. The number of aromatic nitrogens is 1. The number of benzene rings is 2. The van der Waals surface area contributed by atoms with E-state index in [-0.39, 0.29) is 17.6 Å². The Labute approximate surface area is 185 Å². The molecule has 0 saturated carbocycles. The first-order valence-electron chi connectivity index (χ1n) is 9.66. The van der Waals surface area contributed by atoms with Gasteiger partial charge in [-0.2, -0.15) is 5.26 Å². The Kier molecular flexibility index (Phi) is 7.06. The molecule has 2 N–H and O–H groups in total. The third-order valence-corrected chi connectivity index (χ3v) is 5.87. The summed E-state index contributed by atoms with van der Waals surface area (Å²) < 4.78 is 0. The summed E-state index contributed by atoms with van der Waals surface area (Å²) >= 11 is 1.21. The second-order valence-electron chi connectivity index (χ2n) is 6.94. The van der Waals surface area contributed by atoms with Crippen molar-refractivity contribution >= 4 is 35.0 Å². The van der Waals surface area contributed by atoms with Gasteiger partial charge in [-0.05, 0) is 56.2 Å². The number of nitrogens with one attached hydrogen (secondary N) is 2. The van der Waals surface area contributed by atoms with E-state index in [0.29, 0.717) is 27.5 Å². The first-order chi connectivity index (χ1) is 14.9. The van der Waals surface area contributed by atoms with E-state index in [1.807, 2.05) is 39.0 Å². The number of pyridine rings is 1. The first-order valence-corrected chi connectivity index (χ1v) is 10.6. The van der Waals surface area contributed by atoms with E-state index in [9.17, 15) is 14.9 Å². The zero-order valence-corrected chi connectivity index (χ0v) is 18.3. The molecule has 0 spiro atoms. The van der Waals surface area contributed by atoms with Crippen molar-refractivity contribution in [2.45, 2.75) is 25.8 Å². The molecule has 3 aromatic rings. The van der Waals surface area contributed by atoms with Gasteiger partial charge >= 0.3 is 0 Å². The van der Waals surface area contributed by atoms with E-state index >= 15 is 0 Å². The molecule has 31 heavy (non-hydrogen) atoms. The minimum Gasteiger partial charge on any atom is -0.325 e. The fourth-order valence-electron chi connectivity index (χ4n) is 2.98. The average molecular weight is 431 g/mol. The van der Waals surface area contributed by atoms with Crippen LogP contribution in [-0.2, 0) is 4.79 Å². The quantitative estimate of drug-likeness (QED) is 0.545. The smallest absolute Gasteiger partial charge is 0.257 e. The third-order valence-electron chi connectivity index (χ3n) is 4.89. The summed E-state index contributed by atoms with van der Waals surface area (Å²) in [4.78, 5) is 29.7. The number of rotatable bonds is 6. The van der Waals surface area contributed by atoms with Crippen LogP contribution >= 0.6 is 11.8 Å². The van der Waals surface area contributed by atoms with Gasteiger partial charge in [-0.1, -0.05) is 42.1 Å². The number of aryl methyl sites for hydroxylation is 1. The molecule has 1 aromatic heterocycles. The maximum atomic E-state index is 12.7. The Morgan fingerprint density at radius 1 is 0.968 bits per heavy atom. The molecular formula is C24H22N4O2S. The van der Waals surface area contributed by atoms with Crippen LogP contribution in [0.3, 0.4) is 0 Å². The lowest BCUT2D eigenvalue weighted by molar-refractivity contribution is -0.113. The van der Waals surface area contributed by atoms with Crippen molar-refractivity contribution in [3.8, 4) is 6.07 Å². The standard InChI is InChI=1S/C24H22N4O2S/c1-15-16(2)20(13-25)24(26-17(15)3)31-14-22(29)28-21-12-8-7-11-19(21)23(30)27-18-9-5-4-6-10-18/h4-12H,14H2,1-3H3,(H,27,30)(H,28,29). The van der Waals surface area contributed by atoms with Crippen LogP contribution in [-0.4, -0.2) is 22.6 Å². The lowest BCUT2D eigenvalue weighted by Gasteiger charge is -2.13. The Morgan fingerprint density at radius 3 is 2.35 bits per heavy atom. The molecule has 0 unspecified atom stereocenters. The van der Waals surface area contributed by atoms with Gasteiger partial charge in [0.15, 0.2) is 0 Å². The van der Waals surface area contributed by atoms with E-state index in [2.05, 4.69) is 21.7 Å². The predicted octanol–water partition coefficient (Wildman–Crippen LogP) is 4.86. The van der Waals surface area contributed by atoms with Crippen molar-refractivity contribution < 1.29 is 9.59 Å². The van der Waals surface area contributed by atoms with Gasteiger partial charge in [0.2, 0.25) is 5.91 Å². The minimum atomic E-state index is -0.312. The largest absolute Gasteiger partial charge is 0.325 e. The zero-order chi connectivity index (χ0) is 22.4. The molecule has 0 fully saturated rings. The molecule has 2 amide bonds. The summed E-state index contributed by atoms with van der Waals surface area (Å²) in [7, 11) is 0. The van der Waals surface area contributed by atoms with Crippen molar-refractivity contribution in [1.82, 2.24) is 4.98 Å². The van der Waals surface area contributed by atoms with Gasteiger partial charge in [-0.3, -0.25) is 9.59 Å². The maximum absolute atomic E-state index is 12.7. The molecule has 0 aliphatic rings. The minimum absolute atomic E-state index is 0.0677. The van der Waals surface area contributed by atoms with Crippen LogP contribution in [0.15, 0.2) is 59.6 Å². The molecule has 1 heterocycles. The number of amides is 2. The van der Waals surface area contributed by atoms with Crippen LogP contribution in [0, 0.1) is 32.1 Å². The highest BCUT2D eigenvalue weighted by molar-refractivity contribution is 8.00. The molecular weight excluding hydrogens is 408 g/mol. The lowest BCUT2D eigenvalue weighted by atomic mass is 10.1. The highest BCUT2D eigenvalue weighted by atomic mass is 32.2. The van der Waals surface area contributed by atoms with Gasteiger partial charge in [0.25, 0.3) is 5.91 Å². The fourth-order valence-corrected chi connectivity index (χ4v) is 3.86. The number of para-hydroxylation sites is 2. The molecule has 0 aliphatic carbocycles. The van der Waals surface area contributed by atoms with Crippen LogP contribution in [0.1, 0.15) is 32.7 Å². The molecule has 7 heteroatoms. The molecule has 0 aliphatic heterocycles. The van der Waals surface area contributed by atoms with Crippen molar-refractivity contribution in [2.24, 2.45) is 0 Å². The Bertz CT molecular complexity index is 1170. The maximum Gasteiger partial charge on any atom is 0.257 e. The predicted molar refractivity (Wildman–Crippen MR) is 123 cm³/mol.